The largest absolute Gasteiger partial charge is 0.452 e. The number of nitro benzene ring substituents is 1. The van der Waals surface area contributed by atoms with Crippen LogP contribution in [0.25, 0.3) is 6.08 Å². The van der Waals surface area contributed by atoms with Gasteiger partial charge in [-0.15, -0.1) is 0 Å². The molecule has 2 amide bonds. The van der Waals surface area contributed by atoms with Gasteiger partial charge in [0, 0.05) is 24.8 Å². The molecule has 0 aliphatic carbocycles. The van der Waals surface area contributed by atoms with Crippen molar-refractivity contribution in [2.45, 2.75) is 26.3 Å². The van der Waals surface area contributed by atoms with Gasteiger partial charge in [0.2, 0.25) is 5.91 Å². The fourth-order valence-electron chi connectivity index (χ4n) is 1.84. The van der Waals surface area contributed by atoms with Crippen molar-refractivity contribution in [2.75, 3.05) is 13.2 Å². The number of esters is 1. The van der Waals surface area contributed by atoms with Crippen LogP contribution in [0.2, 0.25) is 0 Å². The minimum Gasteiger partial charge on any atom is -0.452 e. The predicted octanol–water partition coefficient (Wildman–Crippen LogP) is 1.18. The Hall–Kier alpha value is -3.23. The first kappa shape index (κ1) is 20.8. The Morgan fingerprint density at radius 3 is 2.73 bits per heavy atom. The summed E-state index contributed by atoms with van der Waals surface area (Å²) in [5, 5.41) is 15.7. The number of non-ortho nitro benzene ring substituents is 1. The number of carbonyl (C=O) groups excluding carboxylic acids is 3. The number of benzene rings is 1. The van der Waals surface area contributed by atoms with Crippen molar-refractivity contribution in [2.24, 2.45) is 0 Å². The van der Waals surface area contributed by atoms with Crippen molar-refractivity contribution in [1.29, 1.82) is 0 Å². The SMILES string of the molecule is CCCNC(=O)[C@H](C)NC(=O)COC(=O)/C=C/c1cccc([N+](=O)[O-])c1. The number of ether oxygens (including phenoxy) is 1. The monoisotopic (exact) mass is 363 g/mol. The Morgan fingerprint density at radius 1 is 1.35 bits per heavy atom. The minimum atomic E-state index is -0.783. The molecule has 0 radical (unpaired) electrons. The van der Waals surface area contributed by atoms with E-state index in [4.69, 9.17) is 4.74 Å². The van der Waals surface area contributed by atoms with Crippen molar-refractivity contribution in [3.05, 3.63) is 46.0 Å². The van der Waals surface area contributed by atoms with Gasteiger partial charge >= 0.3 is 5.97 Å². The van der Waals surface area contributed by atoms with E-state index in [2.05, 4.69) is 10.6 Å². The van der Waals surface area contributed by atoms with E-state index in [-0.39, 0.29) is 11.6 Å². The summed E-state index contributed by atoms with van der Waals surface area (Å²) in [6.45, 7) is 3.40. The molecule has 26 heavy (non-hydrogen) atoms. The van der Waals surface area contributed by atoms with Crippen LogP contribution in [0.5, 0.6) is 0 Å². The molecular formula is C17H21N3O6. The summed E-state index contributed by atoms with van der Waals surface area (Å²) in [6.07, 6.45) is 3.18. The molecular weight excluding hydrogens is 342 g/mol. The zero-order valence-electron chi connectivity index (χ0n) is 14.6. The summed E-state index contributed by atoms with van der Waals surface area (Å²) in [5.41, 5.74) is 0.344. The third-order valence-electron chi connectivity index (χ3n) is 3.16. The van der Waals surface area contributed by atoms with E-state index >= 15 is 0 Å². The normalized spacial score (nSPS) is 11.6. The highest BCUT2D eigenvalue weighted by atomic mass is 16.6. The Bertz CT molecular complexity index is 701. The van der Waals surface area contributed by atoms with Crippen LogP contribution in [0.1, 0.15) is 25.8 Å². The van der Waals surface area contributed by atoms with E-state index < -0.39 is 29.4 Å². The number of hydrogen-bond acceptors (Lipinski definition) is 6. The molecule has 0 aliphatic rings. The summed E-state index contributed by atoms with van der Waals surface area (Å²) in [4.78, 5) is 45.0. The van der Waals surface area contributed by atoms with E-state index in [9.17, 15) is 24.5 Å². The molecule has 0 saturated heterocycles. The first-order chi connectivity index (χ1) is 12.3. The number of amides is 2. The number of nitrogens with one attached hydrogen (secondary N) is 2. The Balaban J connectivity index is 2.44. The number of rotatable bonds is 9. The first-order valence-electron chi connectivity index (χ1n) is 7.99. The highest BCUT2D eigenvalue weighted by molar-refractivity contribution is 5.91. The predicted molar refractivity (Wildman–Crippen MR) is 94.0 cm³/mol. The van der Waals surface area contributed by atoms with Gasteiger partial charge in [-0.1, -0.05) is 19.1 Å². The molecule has 9 heteroatoms. The second-order valence-corrected chi connectivity index (χ2v) is 5.37. The van der Waals surface area contributed by atoms with E-state index in [1.165, 1.54) is 31.2 Å². The van der Waals surface area contributed by atoms with Crippen molar-refractivity contribution >= 4 is 29.5 Å². The van der Waals surface area contributed by atoms with Gasteiger partial charge in [-0.3, -0.25) is 19.7 Å². The maximum atomic E-state index is 11.7. The molecule has 1 aromatic carbocycles. The smallest absolute Gasteiger partial charge is 0.331 e. The standard InChI is InChI=1S/C17H21N3O6/c1-3-9-18-17(23)12(2)19-15(21)11-26-16(22)8-7-13-5-4-6-14(10-13)20(24)25/h4-8,10,12H,3,9,11H2,1-2H3,(H,18,23)(H,19,21)/b8-7+/t12-/m0/s1. The van der Waals surface area contributed by atoms with E-state index in [1.54, 1.807) is 6.07 Å². The molecule has 1 atom stereocenters. The van der Waals surface area contributed by atoms with Crippen molar-refractivity contribution in [3.63, 3.8) is 0 Å². The van der Waals surface area contributed by atoms with Gasteiger partial charge in [0.1, 0.15) is 6.04 Å². The van der Waals surface area contributed by atoms with Gasteiger partial charge in [-0.25, -0.2) is 4.79 Å². The molecule has 0 aliphatic heterocycles. The lowest BCUT2D eigenvalue weighted by molar-refractivity contribution is -0.384. The third-order valence-corrected chi connectivity index (χ3v) is 3.16. The van der Waals surface area contributed by atoms with Crippen LogP contribution in [-0.4, -0.2) is 41.9 Å². The molecule has 140 valence electrons. The lowest BCUT2D eigenvalue weighted by Crippen LogP contribution is -2.46. The molecule has 1 rings (SSSR count). The summed E-state index contributed by atoms with van der Waals surface area (Å²) >= 11 is 0. The highest BCUT2D eigenvalue weighted by Gasteiger charge is 2.15. The number of nitrogens with zero attached hydrogens (tertiary/aromatic N) is 1. The van der Waals surface area contributed by atoms with Crippen molar-refractivity contribution < 1.29 is 24.0 Å². The molecule has 9 nitrogen and oxygen atoms in total. The quantitative estimate of drug-likeness (QED) is 0.293. The van der Waals surface area contributed by atoms with Crippen molar-refractivity contribution in [3.8, 4) is 0 Å². The molecule has 2 N–H and O–H groups in total. The molecule has 1 aromatic rings. The van der Waals surface area contributed by atoms with E-state index in [0.717, 1.165) is 12.5 Å². The molecule has 0 fully saturated rings. The van der Waals surface area contributed by atoms with Crippen LogP contribution in [-0.2, 0) is 19.1 Å². The topological polar surface area (TPSA) is 128 Å². The molecule has 0 aromatic heterocycles. The molecule has 0 bridgehead atoms. The average molecular weight is 363 g/mol. The number of carbonyl (C=O) groups is 3. The zero-order valence-corrected chi connectivity index (χ0v) is 14.6. The number of nitro groups is 1. The van der Waals surface area contributed by atoms with Crippen LogP contribution in [0.15, 0.2) is 30.3 Å². The fourth-order valence-corrected chi connectivity index (χ4v) is 1.84. The van der Waals surface area contributed by atoms with Gasteiger partial charge < -0.3 is 15.4 Å². The summed E-state index contributed by atoms with van der Waals surface area (Å²) in [7, 11) is 0. The lowest BCUT2D eigenvalue weighted by Gasteiger charge is -2.13. The van der Waals surface area contributed by atoms with Crippen LogP contribution < -0.4 is 10.6 Å². The first-order valence-corrected chi connectivity index (χ1v) is 7.99. The lowest BCUT2D eigenvalue weighted by atomic mass is 10.2. The summed E-state index contributed by atoms with van der Waals surface area (Å²) in [5.74, 6) is -1.71. The fraction of sp³-hybridized carbons (Fsp3) is 0.353. The van der Waals surface area contributed by atoms with Gasteiger partial charge in [-0.05, 0) is 25.0 Å². The van der Waals surface area contributed by atoms with Crippen molar-refractivity contribution in [1.82, 2.24) is 10.6 Å². The second-order valence-electron chi connectivity index (χ2n) is 5.37. The molecule has 0 spiro atoms. The van der Waals surface area contributed by atoms with Crippen LogP contribution in [0.3, 0.4) is 0 Å². The third kappa shape index (κ3) is 7.56. The maximum Gasteiger partial charge on any atom is 0.331 e. The van der Waals surface area contributed by atoms with Gasteiger partial charge in [0.05, 0.1) is 4.92 Å². The second kappa shape index (κ2) is 10.6. The van der Waals surface area contributed by atoms with Gasteiger partial charge in [0.25, 0.3) is 11.6 Å². The molecule has 0 saturated carbocycles. The summed E-state index contributed by atoms with van der Waals surface area (Å²) < 4.78 is 4.76. The number of hydrogen-bond donors (Lipinski definition) is 2. The van der Waals surface area contributed by atoms with Gasteiger partial charge in [0.15, 0.2) is 6.61 Å². The Kier molecular flexibility index (Phi) is 8.48. The summed E-state index contributed by atoms with van der Waals surface area (Å²) in [6, 6.07) is 4.96. The van der Waals surface area contributed by atoms with Crippen LogP contribution >= 0.6 is 0 Å². The molecule has 0 unspecified atom stereocenters. The Labute approximate surface area is 150 Å². The average Bonchev–Trinajstić information content (AvgIpc) is 2.62. The minimum absolute atomic E-state index is 0.102. The maximum absolute atomic E-state index is 11.7. The Morgan fingerprint density at radius 2 is 2.08 bits per heavy atom. The van der Waals surface area contributed by atoms with E-state index in [0.29, 0.717) is 12.1 Å². The highest BCUT2D eigenvalue weighted by Crippen LogP contribution is 2.14. The van der Waals surface area contributed by atoms with Gasteiger partial charge in [-0.2, -0.15) is 0 Å². The molecule has 0 heterocycles. The van der Waals surface area contributed by atoms with E-state index in [1.807, 2.05) is 6.92 Å². The van der Waals surface area contributed by atoms with Crippen LogP contribution in [0.4, 0.5) is 5.69 Å². The van der Waals surface area contributed by atoms with Crippen LogP contribution in [0, 0.1) is 10.1 Å². The zero-order chi connectivity index (χ0) is 19.5.